The maximum Gasteiger partial charge on any atom is 0.270 e. The molecule has 1 fully saturated rings. The average Bonchev–Trinajstić information content (AvgIpc) is 3.13. The van der Waals surface area contributed by atoms with Gasteiger partial charge in [-0.2, -0.15) is 9.57 Å². The number of hydrogen-bond donors (Lipinski definition) is 0. The van der Waals surface area contributed by atoms with Crippen LogP contribution >= 0.6 is 0 Å². The smallest absolute Gasteiger partial charge is 0.270 e. The number of rotatable bonds is 5. The number of nitrogens with zero attached hydrogens (tertiary/aromatic N) is 5. The van der Waals surface area contributed by atoms with Gasteiger partial charge in [-0.25, -0.2) is 8.42 Å². The van der Waals surface area contributed by atoms with Crippen LogP contribution in [0, 0.1) is 21.4 Å². The fourth-order valence-corrected chi connectivity index (χ4v) is 4.23. The summed E-state index contributed by atoms with van der Waals surface area (Å²) in [6.45, 7) is 1.26. The van der Waals surface area contributed by atoms with E-state index in [1.807, 2.05) is 11.0 Å². The third-order valence-corrected chi connectivity index (χ3v) is 5.92. The number of hydrogen-bond acceptors (Lipinski definition) is 8. The van der Waals surface area contributed by atoms with Crippen molar-refractivity contribution < 1.29 is 17.9 Å². The number of benzene rings is 1. The summed E-state index contributed by atoms with van der Waals surface area (Å²) in [5.41, 5.74) is 0.943. The van der Waals surface area contributed by atoms with Gasteiger partial charge in [0.25, 0.3) is 5.69 Å². The minimum absolute atomic E-state index is 0.154. The van der Waals surface area contributed by atoms with Crippen LogP contribution in [0.25, 0.3) is 0 Å². The summed E-state index contributed by atoms with van der Waals surface area (Å²) >= 11 is 0. The molecule has 26 heavy (non-hydrogen) atoms. The minimum Gasteiger partial charge on any atom is -0.368 e. The molecule has 1 aromatic carbocycles. The topological polar surface area (TPSA) is 134 Å². The Labute approximate surface area is 149 Å². The van der Waals surface area contributed by atoms with Crippen LogP contribution in [-0.4, -0.2) is 49.0 Å². The molecule has 3 rings (SSSR count). The van der Waals surface area contributed by atoms with Gasteiger partial charge >= 0.3 is 0 Å². The Kier molecular flexibility index (Phi) is 4.88. The molecule has 1 aliphatic rings. The zero-order valence-electron chi connectivity index (χ0n) is 13.6. The Morgan fingerprint density at radius 2 is 2.00 bits per heavy atom. The lowest BCUT2D eigenvalue weighted by Gasteiger charge is -2.35. The predicted octanol–water partition coefficient (Wildman–Crippen LogP) is 1.11. The fourth-order valence-electron chi connectivity index (χ4n) is 2.80. The number of aromatic nitrogens is 1. The van der Waals surface area contributed by atoms with E-state index in [0.717, 1.165) is 0 Å². The van der Waals surface area contributed by atoms with Crippen LogP contribution in [0.2, 0.25) is 0 Å². The maximum atomic E-state index is 12.4. The van der Waals surface area contributed by atoms with Gasteiger partial charge in [-0.1, -0.05) is 5.16 Å². The van der Waals surface area contributed by atoms with Crippen molar-refractivity contribution in [3.05, 3.63) is 51.9 Å². The number of nitro groups is 1. The molecule has 10 nitrogen and oxygen atoms in total. The molecule has 0 radical (unpaired) electrons. The Hall–Kier alpha value is -2.97. The predicted molar refractivity (Wildman–Crippen MR) is 90.7 cm³/mol. The average molecular weight is 377 g/mol. The molecule has 0 atom stereocenters. The highest BCUT2D eigenvalue weighted by molar-refractivity contribution is 7.88. The van der Waals surface area contributed by atoms with Gasteiger partial charge in [0.15, 0.2) is 0 Å². The van der Waals surface area contributed by atoms with Crippen molar-refractivity contribution in [3.8, 4) is 6.07 Å². The first-order chi connectivity index (χ1) is 12.4. The second-order valence-corrected chi connectivity index (χ2v) is 7.67. The first kappa shape index (κ1) is 17.8. The molecule has 1 saturated heterocycles. The first-order valence-electron chi connectivity index (χ1n) is 7.71. The number of piperazine rings is 1. The summed E-state index contributed by atoms with van der Waals surface area (Å²) in [7, 11) is -3.52. The lowest BCUT2D eigenvalue weighted by molar-refractivity contribution is -0.384. The van der Waals surface area contributed by atoms with E-state index in [4.69, 9.17) is 0 Å². The van der Waals surface area contributed by atoms with E-state index in [0.29, 0.717) is 24.5 Å². The molecule has 2 aromatic rings. The van der Waals surface area contributed by atoms with E-state index in [9.17, 15) is 23.8 Å². The fraction of sp³-hybridized carbons (Fsp3) is 0.333. The van der Waals surface area contributed by atoms with Crippen LogP contribution in [0.3, 0.4) is 0 Å². The highest BCUT2D eigenvalue weighted by atomic mass is 32.2. The van der Waals surface area contributed by atoms with Gasteiger partial charge in [0.1, 0.15) is 18.1 Å². The standard InChI is InChI=1S/C15H15N5O5S/c16-10-12-9-14(20(21)22)1-2-15(12)18-4-6-19(7-5-18)26(23,24)11-13-3-8-25-17-13/h1-3,8-9H,4-7,11H2. The van der Waals surface area contributed by atoms with E-state index >= 15 is 0 Å². The van der Waals surface area contributed by atoms with Gasteiger partial charge < -0.3 is 9.42 Å². The number of nitro benzene ring substituents is 1. The molecular weight excluding hydrogens is 362 g/mol. The molecule has 136 valence electrons. The van der Waals surface area contributed by atoms with Crippen molar-refractivity contribution in [1.29, 1.82) is 5.26 Å². The Morgan fingerprint density at radius 1 is 1.27 bits per heavy atom. The Bertz CT molecular complexity index is 943. The Balaban J connectivity index is 1.71. The van der Waals surface area contributed by atoms with Gasteiger partial charge in [-0.3, -0.25) is 10.1 Å². The molecule has 0 aliphatic carbocycles. The molecule has 0 bridgehead atoms. The Morgan fingerprint density at radius 3 is 2.58 bits per heavy atom. The quantitative estimate of drug-likeness (QED) is 0.559. The molecule has 2 heterocycles. The van der Waals surface area contributed by atoms with Crippen molar-refractivity contribution in [2.45, 2.75) is 5.75 Å². The zero-order chi connectivity index (χ0) is 18.7. The van der Waals surface area contributed by atoms with Gasteiger partial charge in [-0.15, -0.1) is 0 Å². The summed E-state index contributed by atoms with van der Waals surface area (Å²) in [4.78, 5) is 12.1. The minimum atomic E-state index is -3.52. The van der Waals surface area contributed by atoms with Crippen LogP contribution < -0.4 is 4.90 Å². The molecule has 0 amide bonds. The normalized spacial score (nSPS) is 15.6. The number of non-ortho nitro benzene ring substituents is 1. The van der Waals surface area contributed by atoms with Crippen LogP contribution in [-0.2, 0) is 15.8 Å². The van der Waals surface area contributed by atoms with E-state index in [2.05, 4.69) is 9.68 Å². The van der Waals surface area contributed by atoms with E-state index < -0.39 is 14.9 Å². The van der Waals surface area contributed by atoms with Crippen LogP contribution in [0.5, 0.6) is 0 Å². The van der Waals surface area contributed by atoms with Crippen LogP contribution in [0.1, 0.15) is 11.3 Å². The molecular formula is C15H15N5O5S. The molecule has 0 unspecified atom stereocenters. The summed E-state index contributed by atoms with van der Waals surface area (Å²) in [6.07, 6.45) is 1.32. The van der Waals surface area contributed by atoms with Crippen molar-refractivity contribution in [3.63, 3.8) is 0 Å². The summed E-state index contributed by atoms with van der Waals surface area (Å²) in [5.74, 6) is -0.232. The highest BCUT2D eigenvalue weighted by Crippen LogP contribution is 2.26. The third kappa shape index (κ3) is 3.66. The van der Waals surface area contributed by atoms with Crippen molar-refractivity contribution in [2.75, 3.05) is 31.1 Å². The van der Waals surface area contributed by atoms with Gasteiger partial charge in [-0.05, 0) is 6.07 Å². The maximum absolute atomic E-state index is 12.4. The molecule has 11 heteroatoms. The van der Waals surface area contributed by atoms with Gasteiger partial charge in [0.2, 0.25) is 10.0 Å². The summed E-state index contributed by atoms with van der Waals surface area (Å²) in [5, 5.41) is 23.7. The second-order valence-electron chi connectivity index (χ2n) is 5.70. The highest BCUT2D eigenvalue weighted by Gasteiger charge is 2.29. The molecule has 1 aliphatic heterocycles. The van der Waals surface area contributed by atoms with Crippen molar-refractivity contribution in [2.24, 2.45) is 0 Å². The zero-order valence-corrected chi connectivity index (χ0v) is 14.4. The van der Waals surface area contributed by atoms with Gasteiger partial charge in [0.05, 0.1) is 21.9 Å². The van der Waals surface area contributed by atoms with Crippen LogP contribution in [0.4, 0.5) is 11.4 Å². The van der Waals surface area contributed by atoms with Gasteiger partial charge in [0, 0.05) is 44.4 Å². The van der Waals surface area contributed by atoms with Crippen LogP contribution in [0.15, 0.2) is 35.1 Å². The van der Waals surface area contributed by atoms with E-state index in [1.165, 1.54) is 34.8 Å². The number of nitriles is 1. The van der Waals surface area contributed by atoms with E-state index in [-0.39, 0.29) is 30.1 Å². The molecule has 1 aromatic heterocycles. The number of anilines is 1. The lowest BCUT2D eigenvalue weighted by Crippen LogP contribution is -2.49. The van der Waals surface area contributed by atoms with Crippen molar-refractivity contribution >= 4 is 21.4 Å². The second kappa shape index (κ2) is 7.11. The molecule has 0 N–H and O–H groups in total. The third-order valence-electron chi connectivity index (χ3n) is 4.11. The monoisotopic (exact) mass is 377 g/mol. The molecule has 0 saturated carbocycles. The summed E-state index contributed by atoms with van der Waals surface area (Å²) in [6, 6.07) is 7.55. The first-order valence-corrected chi connectivity index (χ1v) is 9.32. The largest absolute Gasteiger partial charge is 0.368 e. The van der Waals surface area contributed by atoms with E-state index in [1.54, 1.807) is 0 Å². The molecule has 0 spiro atoms. The van der Waals surface area contributed by atoms with Crippen molar-refractivity contribution in [1.82, 2.24) is 9.46 Å². The summed E-state index contributed by atoms with van der Waals surface area (Å²) < 4.78 is 30.9. The number of sulfonamides is 1. The lowest BCUT2D eigenvalue weighted by atomic mass is 10.1. The SMILES string of the molecule is N#Cc1cc([N+](=O)[O-])ccc1N1CCN(S(=O)(=O)Cc2ccon2)CC1.